The highest BCUT2D eigenvalue weighted by Crippen LogP contribution is 2.20. The third-order valence-electron chi connectivity index (χ3n) is 5.01. The van der Waals surface area contributed by atoms with Crippen LogP contribution >= 0.6 is 0 Å². The molecule has 3 rings (SSSR count). The molecule has 1 amide bonds. The molecule has 25 heavy (non-hydrogen) atoms. The molecule has 0 bridgehead atoms. The van der Waals surface area contributed by atoms with Crippen molar-refractivity contribution in [2.24, 2.45) is 0 Å². The summed E-state index contributed by atoms with van der Waals surface area (Å²) in [5.41, 5.74) is 0.839. The molecule has 2 aliphatic heterocycles. The quantitative estimate of drug-likeness (QED) is 0.765. The van der Waals surface area contributed by atoms with Gasteiger partial charge in [-0.25, -0.2) is 4.79 Å². The Bertz CT molecular complexity index is 616. The smallest absolute Gasteiger partial charge is 0.335 e. The number of carboxylic acid groups (broad SMARTS) is 1. The number of hydrogen-bond acceptors (Lipinski definition) is 5. The minimum atomic E-state index is -0.971. The van der Waals surface area contributed by atoms with E-state index >= 15 is 0 Å². The van der Waals surface area contributed by atoms with E-state index in [1.165, 1.54) is 31.2 Å². The fourth-order valence-corrected chi connectivity index (χ4v) is 3.72. The average molecular weight is 346 g/mol. The maximum Gasteiger partial charge on any atom is 0.335 e. The topological polar surface area (TPSA) is 85.8 Å². The van der Waals surface area contributed by atoms with Crippen LogP contribution in [0.2, 0.25) is 0 Å². The Morgan fingerprint density at radius 3 is 2.80 bits per heavy atom. The molecule has 0 aromatic carbocycles. The number of amides is 1. The zero-order chi connectivity index (χ0) is 17.6. The lowest BCUT2D eigenvalue weighted by atomic mass is 10.2. The van der Waals surface area contributed by atoms with E-state index < -0.39 is 5.97 Å². The lowest BCUT2D eigenvalue weighted by molar-refractivity contribution is -0.131. The average Bonchev–Trinajstić information content (AvgIpc) is 3.27. The highest BCUT2D eigenvalue weighted by molar-refractivity contribution is 5.87. The molecule has 3 heterocycles. The number of carboxylic acids is 1. The highest BCUT2D eigenvalue weighted by atomic mass is 16.4. The Kier molecular flexibility index (Phi) is 5.99. The second-order valence-corrected chi connectivity index (χ2v) is 6.84. The van der Waals surface area contributed by atoms with Crippen LogP contribution in [0.4, 0.5) is 0 Å². The Morgan fingerprint density at radius 2 is 2.04 bits per heavy atom. The monoisotopic (exact) mass is 346 g/mol. The fraction of sp³-hybridized carbons (Fsp3) is 0.611. The van der Waals surface area contributed by atoms with Gasteiger partial charge in [0.2, 0.25) is 5.91 Å². The molecule has 2 N–H and O–H groups in total. The fourth-order valence-electron chi connectivity index (χ4n) is 3.72. The first-order valence-corrected chi connectivity index (χ1v) is 9.04. The van der Waals surface area contributed by atoms with Gasteiger partial charge in [-0.2, -0.15) is 0 Å². The predicted molar refractivity (Wildman–Crippen MR) is 93.3 cm³/mol. The second-order valence-electron chi connectivity index (χ2n) is 6.84. The SMILES string of the molecule is O=C(O)c1ccnc(CNCC(=O)N2CCC[C@@H]2CN2CCCC2)c1. The van der Waals surface area contributed by atoms with Gasteiger partial charge in [-0.05, 0) is 50.9 Å². The number of nitrogens with one attached hydrogen (secondary N) is 1. The number of likely N-dealkylation sites (tertiary alicyclic amines) is 2. The standard InChI is InChI=1S/C18H26N4O3/c23-17(12-19-11-15-10-14(18(24)25)5-6-20-15)22-9-3-4-16(22)13-21-7-1-2-8-21/h5-6,10,16,19H,1-4,7-9,11-13H2,(H,24,25)/t16-/m1/s1. The van der Waals surface area contributed by atoms with Crippen molar-refractivity contribution in [3.8, 4) is 0 Å². The number of aromatic nitrogens is 1. The van der Waals surface area contributed by atoms with Crippen LogP contribution < -0.4 is 5.32 Å². The number of pyridine rings is 1. The summed E-state index contributed by atoms with van der Waals surface area (Å²) in [7, 11) is 0. The van der Waals surface area contributed by atoms with E-state index in [1.54, 1.807) is 0 Å². The first-order valence-electron chi connectivity index (χ1n) is 9.04. The van der Waals surface area contributed by atoms with Crippen LogP contribution in [0.1, 0.15) is 41.7 Å². The van der Waals surface area contributed by atoms with Crippen molar-refractivity contribution in [1.82, 2.24) is 20.1 Å². The van der Waals surface area contributed by atoms with Crippen molar-refractivity contribution in [3.05, 3.63) is 29.6 Å². The Labute approximate surface area is 148 Å². The van der Waals surface area contributed by atoms with Gasteiger partial charge in [-0.15, -0.1) is 0 Å². The molecule has 0 saturated carbocycles. The molecule has 136 valence electrons. The number of carbonyl (C=O) groups excluding carboxylic acids is 1. The highest BCUT2D eigenvalue weighted by Gasteiger charge is 2.30. The zero-order valence-corrected chi connectivity index (χ0v) is 14.5. The van der Waals surface area contributed by atoms with Gasteiger partial charge < -0.3 is 20.2 Å². The molecule has 0 aliphatic carbocycles. The number of rotatable bonds is 7. The third-order valence-corrected chi connectivity index (χ3v) is 5.01. The van der Waals surface area contributed by atoms with Crippen LogP contribution in [0.3, 0.4) is 0 Å². The van der Waals surface area contributed by atoms with Crippen molar-refractivity contribution in [2.75, 3.05) is 32.7 Å². The number of carbonyl (C=O) groups is 2. The summed E-state index contributed by atoms with van der Waals surface area (Å²) in [5, 5.41) is 12.1. The summed E-state index contributed by atoms with van der Waals surface area (Å²) in [6, 6.07) is 3.33. The van der Waals surface area contributed by atoms with Gasteiger partial charge in [0, 0.05) is 31.9 Å². The molecular weight excluding hydrogens is 320 g/mol. The summed E-state index contributed by atoms with van der Waals surface area (Å²) in [5.74, 6) is -0.849. The minimum Gasteiger partial charge on any atom is -0.478 e. The van der Waals surface area contributed by atoms with Crippen molar-refractivity contribution < 1.29 is 14.7 Å². The van der Waals surface area contributed by atoms with Gasteiger partial charge in [0.25, 0.3) is 0 Å². The number of aromatic carboxylic acids is 1. The predicted octanol–water partition coefficient (Wildman–Crippen LogP) is 0.956. The van der Waals surface area contributed by atoms with Crippen LogP contribution in [0.5, 0.6) is 0 Å². The molecule has 1 atom stereocenters. The van der Waals surface area contributed by atoms with Gasteiger partial charge in [-0.1, -0.05) is 0 Å². The lowest BCUT2D eigenvalue weighted by Crippen LogP contribution is -2.45. The van der Waals surface area contributed by atoms with Crippen molar-refractivity contribution in [1.29, 1.82) is 0 Å². The Hall–Kier alpha value is -1.99. The molecule has 0 spiro atoms. The molecule has 7 heteroatoms. The Morgan fingerprint density at radius 1 is 1.24 bits per heavy atom. The molecule has 0 radical (unpaired) electrons. The van der Waals surface area contributed by atoms with E-state index in [2.05, 4.69) is 15.2 Å². The van der Waals surface area contributed by atoms with Gasteiger partial charge in [0.05, 0.1) is 17.8 Å². The van der Waals surface area contributed by atoms with E-state index in [9.17, 15) is 9.59 Å². The van der Waals surface area contributed by atoms with Crippen molar-refractivity contribution >= 4 is 11.9 Å². The van der Waals surface area contributed by atoms with Gasteiger partial charge in [0.1, 0.15) is 0 Å². The minimum absolute atomic E-state index is 0.121. The molecule has 1 aromatic heterocycles. The maximum absolute atomic E-state index is 12.5. The van der Waals surface area contributed by atoms with E-state index in [-0.39, 0.29) is 18.0 Å². The largest absolute Gasteiger partial charge is 0.478 e. The van der Waals surface area contributed by atoms with Crippen molar-refractivity contribution in [3.63, 3.8) is 0 Å². The molecule has 0 unspecified atom stereocenters. The van der Waals surface area contributed by atoms with Crippen LogP contribution in [0, 0.1) is 0 Å². The van der Waals surface area contributed by atoms with Crippen LogP contribution in [0.15, 0.2) is 18.3 Å². The molecule has 2 fully saturated rings. The first kappa shape index (κ1) is 17.8. The van der Waals surface area contributed by atoms with E-state index in [1.807, 2.05) is 4.90 Å². The molecule has 2 saturated heterocycles. The zero-order valence-electron chi connectivity index (χ0n) is 14.5. The summed E-state index contributed by atoms with van der Waals surface area (Å²) >= 11 is 0. The van der Waals surface area contributed by atoms with Crippen LogP contribution in [-0.4, -0.2) is 70.5 Å². The first-order chi connectivity index (χ1) is 12.1. The van der Waals surface area contributed by atoms with E-state index in [4.69, 9.17) is 5.11 Å². The number of nitrogens with zero attached hydrogens (tertiary/aromatic N) is 3. The third kappa shape index (κ3) is 4.76. The summed E-state index contributed by atoms with van der Waals surface area (Å²) < 4.78 is 0. The lowest BCUT2D eigenvalue weighted by Gasteiger charge is -2.28. The van der Waals surface area contributed by atoms with Crippen molar-refractivity contribution in [2.45, 2.75) is 38.3 Å². The molecular formula is C18H26N4O3. The molecule has 7 nitrogen and oxygen atoms in total. The van der Waals surface area contributed by atoms with Gasteiger partial charge >= 0.3 is 5.97 Å². The molecule has 1 aromatic rings. The van der Waals surface area contributed by atoms with Gasteiger partial charge in [-0.3, -0.25) is 9.78 Å². The van der Waals surface area contributed by atoms with Crippen LogP contribution in [-0.2, 0) is 11.3 Å². The van der Waals surface area contributed by atoms with E-state index in [0.717, 1.165) is 39.0 Å². The number of hydrogen-bond donors (Lipinski definition) is 2. The Balaban J connectivity index is 1.46. The second kappa shape index (κ2) is 8.40. The van der Waals surface area contributed by atoms with Crippen LogP contribution in [0.25, 0.3) is 0 Å². The summed E-state index contributed by atoms with van der Waals surface area (Å²) in [6.45, 7) is 4.79. The summed E-state index contributed by atoms with van der Waals surface area (Å²) in [4.78, 5) is 32.1. The van der Waals surface area contributed by atoms with E-state index in [0.29, 0.717) is 18.3 Å². The molecule has 2 aliphatic rings. The maximum atomic E-state index is 12.5. The normalized spacial score (nSPS) is 21.0. The van der Waals surface area contributed by atoms with Gasteiger partial charge in [0.15, 0.2) is 0 Å². The summed E-state index contributed by atoms with van der Waals surface area (Å²) in [6.07, 6.45) is 6.18.